The van der Waals surface area contributed by atoms with E-state index < -0.39 is 28.4 Å². The fourth-order valence-corrected chi connectivity index (χ4v) is 4.16. The molecule has 1 aromatic rings. The number of sulfonamides is 1. The molecule has 1 saturated heterocycles. The summed E-state index contributed by atoms with van der Waals surface area (Å²) in [5.41, 5.74) is 0.269. The SMILES string of the molecule is CC(C)N(CC(=O)O)C(=O)c1ccc(S(=O)(=O)N2CCCC2)cc1. The van der Waals surface area contributed by atoms with Crippen molar-refractivity contribution < 1.29 is 23.1 Å². The minimum atomic E-state index is -3.52. The van der Waals surface area contributed by atoms with Crippen LogP contribution in [0.5, 0.6) is 0 Å². The van der Waals surface area contributed by atoms with E-state index in [9.17, 15) is 18.0 Å². The van der Waals surface area contributed by atoms with Crippen LogP contribution in [0, 0.1) is 0 Å². The summed E-state index contributed by atoms with van der Waals surface area (Å²) in [7, 11) is -3.52. The third-order valence-corrected chi connectivity index (χ3v) is 5.91. The summed E-state index contributed by atoms with van der Waals surface area (Å²) in [6.45, 7) is 4.09. The first-order chi connectivity index (χ1) is 11.2. The van der Waals surface area contributed by atoms with Gasteiger partial charge in [-0.1, -0.05) is 0 Å². The van der Waals surface area contributed by atoms with Crippen LogP contribution in [-0.4, -0.2) is 60.3 Å². The molecular weight excluding hydrogens is 332 g/mol. The number of hydrogen-bond donors (Lipinski definition) is 1. The molecule has 0 bridgehead atoms. The Morgan fingerprint density at radius 2 is 1.71 bits per heavy atom. The highest BCUT2D eigenvalue weighted by molar-refractivity contribution is 7.89. The van der Waals surface area contributed by atoms with E-state index in [1.165, 1.54) is 33.5 Å². The van der Waals surface area contributed by atoms with E-state index in [2.05, 4.69) is 0 Å². The van der Waals surface area contributed by atoms with Crippen molar-refractivity contribution in [3.05, 3.63) is 29.8 Å². The van der Waals surface area contributed by atoms with E-state index in [0.717, 1.165) is 12.8 Å². The van der Waals surface area contributed by atoms with Gasteiger partial charge in [-0.2, -0.15) is 4.31 Å². The molecule has 1 aliphatic rings. The van der Waals surface area contributed by atoms with Gasteiger partial charge in [-0.25, -0.2) is 8.42 Å². The topological polar surface area (TPSA) is 95.0 Å². The van der Waals surface area contributed by atoms with Gasteiger partial charge >= 0.3 is 5.97 Å². The molecule has 0 radical (unpaired) electrons. The summed E-state index contributed by atoms with van der Waals surface area (Å²) < 4.78 is 26.4. The first-order valence-corrected chi connectivity index (χ1v) is 9.30. The van der Waals surface area contributed by atoms with Crippen molar-refractivity contribution in [2.75, 3.05) is 19.6 Å². The van der Waals surface area contributed by atoms with Crippen LogP contribution in [0.15, 0.2) is 29.2 Å². The number of aliphatic carboxylic acids is 1. The average molecular weight is 354 g/mol. The van der Waals surface area contributed by atoms with Gasteiger partial charge in [-0.3, -0.25) is 9.59 Å². The lowest BCUT2D eigenvalue weighted by Crippen LogP contribution is -2.40. The molecule has 1 fully saturated rings. The molecule has 7 nitrogen and oxygen atoms in total. The number of carboxylic acid groups (broad SMARTS) is 1. The van der Waals surface area contributed by atoms with Gasteiger partial charge in [0.05, 0.1) is 4.90 Å². The molecular formula is C16H22N2O5S. The normalized spacial score (nSPS) is 15.6. The monoisotopic (exact) mass is 354 g/mol. The fourth-order valence-electron chi connectivity index (χ4n) is 2.65. The lowest BCUT2D eigenvalue weighted by atomic mass is 10.1. The van der Waals surface area contributed by atoms with Crippen molar-refractivity contribution in [2.24, 2.45) is 0 Å². The van der Waals surface area contributed by atoms with E-state index in [4.69, 9.17) is 5.11 Å². The molecule has 2 rings (SSSR count). The Balaban J connectivity index is 2.22. The van der Waals surface area contributed by atoms with Crippen LogP contribution in [0.3, 0.4) is 0 Å². The van der Waals surface area contributed by atoms with Crippen molar-refractivity contribution in [3.8, 4) is 0 Å². The van der Waals surface area contributed by atoms with Crippen LogP contribution in [0.1, 0.15) is 37.0 Å². The summed E-state index contributed by atoms with van der Waals surface area (Å²) in [5, 5.41) is 8.92. The molecule has 0 unspecified atom stereocenters. The van der Waals surface area contributed by atoms with Gasteiger partial charge in [0.25, 0.3) is 5.91 Å². The van der Waals surface area contributed by atoms with Crippen LogP contribution >= 0.6 is 0 Å². The van der Waals surface area contributed by atoms with E-state index >= 15 is 0 Å². The minimum Gasteiger partial charge on any atom is -0.480 e. The van der Waals surface area contributed by atoms with Crippen LogP contribution in [0.2, 0.25) is 0 Å². The van der Waals surface area contributed by atoms with Crippen molar-refractivity contribution in [2.45, 2.75) is 37.6 Å². The maximum absolute atomic E-state index is 12.5. The van der Waals surface area contributed by atoms with Gasteiger partial charge in [0.15, 0.2) is 0 Å². The Morgan fingerprint density at radius 3 is 2.17 bits per heavy atom. The average Bonchev–Trinajstić information content (AvgIpc) is 3.07. The molecule has 0 aliphatic carbocycles. The summed E-state index contributed by atoms with van der Waals surface area (Å²) in [4.78, 5) is 24.7. The fraction of sp³-hybridized carbons (Fsp3) is 0.500. The molecule has 0 aromatic heterocycles. The standard InChI is InChI=1S/C16H22N2O5S/c1-12(2)18(11-15(19)20)16(21)13-5-7-14(8-6-13)24(22,23)17-9-3-4-10-17/h5-8,12H,3-4,9-11H2,1-2H3,(H,19,20). The van der Waals surface area contributed by atoms with Crippen LogP contribution in [0.4, 0.5) is 0 Å². The Kier molecular flexibility index (Phi) is 5.61. The van der Waals surface area contributed by atoms with E-state index in [-0.39, 0.29) is 16.5 Å². The van der Waals surface area contributed by atoms with Gasteiger partial charge in [0.1, 0.15) is 6.54 Å². The van der Waals surface area contributed by atoms with Crippen molar-refractivity contribution in [1.29, 1.82) is 0 Å². The second-order valence-corrected chi connectivity index (χ2v) is 7.99. The van der Waals surface area contributed by atoms with Gasteiger partial charge < -0.3 is 10.0 Å². The largest absolute Gasteiger partial charge is 0.480 e. The molecule has 1 N–H and O–H groups in total. The minimum absolute atomic E-state index is 0.148. The summed E-state index contributed by atoms with van der Waals surface area (Å²) in [5.74, 6) is -1.53. The summed E-state index contributed by atoms with van der Waals surface area (Å²) in [6.07, 6.45) is 1.71. The third-order valence-electron chi connectivity index (χ3n) is 3.99. The molecule has 24 heavy (non-hydrogen) atoms. The number of hydrogen-bond acceptors (Lipinski definition) is 4. The Labute approximate surface area is 141 Å². The van der Waals surface area contributed by atoms with Gasteiger partial charge in [-0.05, 0) is 51.0 Å². The Morgan fingerprint density at radius 1 is 1.17 bits per heavy atom. The second kappa shape index (κ2) is 7.31. The summed E-state index contributed by atoms with van der Waals surface area (Å²) >= 11 is 0. The first-order valence-electron chi connectivity index (χ1n) is 7.86. The first kappa shape index (κ1) is 18.4. The van der Waals surface area contributed by atoms with Crippen molar-refractivity contribution >= 4 is 21.9 Å². The molecule has 0 spiro atoms. The molecule has 1 heterocycles. The van der Waals surface area contributed by atoms with Gasteiger partial charge in [-0.15, -0.1) is 0 Å². The third kappa shape index (κ3) is 3.93. The van der Waals surface area contributed by atoms with Crippen molar-refractivity contribution in [3.63, 3.8) is 0 Å². The highest BCUT2D eigenvalue weighted by Gasteiger charge is 2.28. The smallest absolute Gasteiger partial charge is 0.323 e. The predicted molar refractivity (Wildman–Crippen MR) is 88.2 cm³/mol. The maximum atomic E-state index is 12.5. The zero-order valence-corrected chi connectivity index (χ0v) is 14.6. The number of carboxylic acids is 1. The number of carbonyl (C=O) groups is 2. The van der Waals surface area contributed by atoms with Gasteiger partial charge in [0, 0.05) is 24.7 Å². The highest BCUT2D eigenvalue weighted by atomic mass is 32.2. The predicted octanol–water partition coefficient (Wildman–Crippen LogP) is 1.41. The zero-order chi connectivity index (χ0) is 17.9. The van der Waals surface area contributed by atoms with Gasteiger partial charge in [0.2, 0.25) is 10.0 Å². The quantitative estimate of drug-likeness (QED) is 0.833. The Hall–Kier alpha value is -1.93. The zero-order valence-electron chi connectivity index (χ0n) is 13.8. The van der Waals surface area contributed by atoms with E-state index in [1.807, 2.05) is 0 Å². The molecule has 1 aliphatic heterocycles. The summed E-state index contributed by atoms with van der Waals surface area (Å²) in [6, 6.07) is 5.40. The van der Waals surface area contributed by atoms with Crippen LogP contribution in [0.25, 0.3) is 0 Å². The molecule has 1 amide bonds. The number of amides is 1. The molecule has 0 saturated carbocycles. The molecule has 1 aromatic carbocycles. The van der Waals surface area contributed by atoms with Crippen LogP contribution in [-0.2, 0) is 14.8 Å². The lowest BCUT2D eigenvalue weighted by molar-refractivity contribution is -0.138. The number of carbonyl (C=O) groups excluding carboxylic acids is 1. The number of nitrogens with zero attached hydrogens (tertiary/aromatic N) is 2. The molecule has 132 valence electrons. The molecule has 8 heteroatoms. The maximum Gasteiger partial charge on any atom is 0.323 e. The molecule has 0 atom stereocenters. The van der Waals surface area contributed by atoms with Crippen LogP contribution < -0.4 is 0 Å². The van der Waals surface area contributed by atoms with Crippen molar-refractivity contribution in [1.82, 2.24) is 9.21 Å². The number of benzene rings is 1. The highest BCUT2D eigenvalue weighted by Crippen LogP contribution is 2.21. The van der Waals surface area contributed by atoms with E-state index in [0.29, 0.717) is 13.1 Å². The lowest BCUT2D eigenvalue weighted by Gasteiger charge is -2.25. The Bertz CT molecular complexity index is 706. The van der Waals surface area contributed by atoms with E-state index in [1.54, 1.807) is 13.8 Å². The number of rotatable bonds is 6. The second-order valence-electron chi connectivity index (χ2n) is 6.06.